The van der Waals surface area contributed by atoms with Gasteiger partial charge < -0.3 is 18.7 Å². The number of anilines is 1. The molecule has 1 atom stereocenters. The van der Waals surface area contributed by atoms with Gasteiger partial charge in [-0.15, -0.1) is 10.2 Å². The highest BCUT2D eigenvalue weighted by molar-refractivity contribution is 8.00. The molecule has 3 rings (SSSR count). The first-order valence-electron chi connectivity index (χ1n) is 8.35. The second-order valence-electron chi connectivity index (χ2n) is 5.82. The fourth-order valence-corrected chi connectivity index (χ4v) is 3.27. The molecule has 9 heteroatoms. The molecule has 1 N–H and O–H groups in total. The van der Waals surface area contributed by atoms with E-state index < -0.39 is 0 Å². The van der Waals surface area contributed by atoms with Crippen LogP contribution < -0.4 is 5.32 Å². The quantitative estimate of drug-likeness (QED) is 0.582. The van der Waals surface area contributed by atoms with Gasteiger partial charge in [0.15, 0.2) is 5.82 Å². The number of aromatic nitrogens is 3. The Morgan fingerprint density at radius 3 is 2.85 bits per heavy atom. The number of hydrogen-bond donors (Lipinski definition) is 1. The van der Waals surface area contributed by atoms with E-state index in [0.717, 1.165) is 18.4 Å². The molecule has 26 heavy (non-hydrogen) atoms. The monoisotopic (exact) mass is 376 g/mol. The summed E-state index contributed by atoms with van der Waals surface area (Å²) in [6.07, 6.45) is 4.15. The van der Waals surface area contributed by atoms with Crippen LogP contribution in [0, 0.1) is 13.8 Å². The molecule has 8 nitrogen and oxygen atoms in total. The summed E-state index contributed by atoms with van der Waals surface area (Å²) in [5, 5.41) is 14.6. The van der Waals surface area contributed by atoms with Crippen LogP contribution in [0.2, 0.25) is 0 Å². The zero-order valence-corrected chi connectivity index (χ0v) is 15.6. The molecule has 1 unspecified atom stereocenters. The molecule has 3 heterocycles. The van der Waals surface area contributed by atoms with Gasteiger partial charge in [0.05, 0.1) is 17.1 Å². The highest BCUT2D eigenvalue weighted by Gasteiger charge is 2.24. The van der Waals surface area contributed by atoms with E-state index in [0.29, 0.717) is 34.9 Å². The number of carbonyl (C=O) groups is 1. The van der Waals surface area contributed by atoms with Crippen molar-refractivity contribution in [2.45, 2.75) is 50.5 Å². The van der Waals surface area contributed by atoms with E-state index in [1.807, 2.05) is 6.92 Å². The van der Waals surface area contributed by atoms with Crippen LogP contribution in [-0.4, -0.2) is 26.5 Å². The molecule has 0 aliphatic heterocycles. The summed E-state index contributed by atoms with van der Waals surface area (Å²) in [7, 11) is 0. The van der Waals surface area contributed by atoms with E-state index in [9.17, 15) is 4.79 Å². The molecule has 0 saturated heterocycles. The van der Waals surface area contributed by atoms with E-state index in [4.69, 9.17) is 13.4 Å². The molecule has 1 amide bonds. The molecular formula is C17H20N4O4S. The van der Waals surface area contributed by atoms with Crippen molar-refractivity contribution in [3.8, 4) is 11.5 Å². The number of hydrogen-bond acceptors (Lipinski definition) is 8. The number of furan rings is 1. The molecule has 0 aromatic carbocycles. The average Bonchev–Trinajstić information content (AvgIpc) is 3.33. The van der Waals surface area contributed by atoms with Crippen LogP contribution >= 0.6 is 11.8 Å². The van der Waals surface area contributed by atoms with Gasteiger partial charge in [0, 0.05) is 6.07 Å². The number of amides is 1. The molecule has 0 bridgehead atoms. The number of aryl methyl sites for hydroxylation is 2. The smallest absolute Gasteiger partial charge is 0.277 e. The normalized spacial score (nSPS) is 12.3. The second kappa shape index (κ2) is 8.22. The van der Waals surface area contributed by atoms with E-state index >= 15 is 0 Å². The van der Waals surface area contributed by atoms with Crippen molar-refractivity contribution in [1.29, 1.82) is 0 Å². The topological polar surface area (TPSA) is 107 Å². The first kappa shape index (κ1) is 18.2. The van der Waals surface area contributed by atoms with Gasteiger partial charge in [-0.05, 0) is 26.3 Å². The Balaban J connectivity index is 1.70. The van der Waals surface area contributed by atoms with Gasteiger partial charge in [0.2, 0.25) is 5.91 Å². The molecule has 3 aromatic heterocycles. The standard InChI is InChI=1S/C17H20N4O4S/c1-4-5-6-13(15(22)18-14-9-10(2)25-21-14)26-17-20-19-16(24-17)12-7-8-23-11(12)3/h7-9,13H,4-6H2,1-3H3,(H,18,21,22). The molecular weight excluding hydrogens is 356 g/mol. The highest BCUT2D eigenvalue weighted by atomic mass is 32.2. The molecule has 3 aromatic rings. The summed E-state index contributed by atoms with van der Waals surface area (Å²) >= 11 is 1.25. The Labute approximate surface area is 154 Å². The van der Waals surface area contributed by atoms with Crippen molar-refractivity contribution in [3.63, 3.8) is 0 Å². The van der Waals surface area contributed by atoms with Crippen molar-refractivity contribution in [2.24, 2.45) is 0 Å². The van der Waals surface area contributed by atoms with Crippen LogP contribution in [0.5, 0.6) is 0 Å². The fraction of sp³-hybridized carbons (Fsp3) is 0.412. The lowest BCUT2D eigenvalue weighted by atomic mass is 10.2. The number of unbranched alkanes of at least 4 members (excludes halogenated alkanes) is 1. The summed E-state index contributed by atoms with van der Waals surface area (Å²) in [6, 6.07) is 3.44. The van der Waals surface area contributed by atoms with Crippen molar-refractivity contribution in [3.05, 3.63) is 29.9 Å². The first-order chi connectivity index (χ1) is 12.6. The van der Waals surface area contributed by atoms with Crippen LogP contribution in [0.1, 0.15) is 37.7 Å². The van der Waals surface area contributed by atoms with Crippen molar-refractivity contribution >= 4 is 23.5 Å². The Morgan fingerprint density at radius 2 is 2.19 bits per heavy atom. The average molecular weight is 376 g/mol. The summed E-state index contributed by atoms with van der Waals surface area (Å²) in [5.74, 6) is 1.94. The number of nitrogens with one attached hydrogen (secondary N) is 1. The maximum atomic E-state index is 12.6. The van der Waals surface area contributed by atoms with Crippen molar-refractivity contribution in [2.75, 3.05) is 5.32 Å². The predicted octanol–water partition coefficient (Wildman–Crippen LogP) is 4.22. The summed E-state index contributed by atoms with van der Waals surface area (Å²) in [4.78, 5) is 12.6. The van der Waals surface area contributed by atoms with Gasteiger partial charge in [-0.3, -0.25) is 4.79 Å². The highest BCUT2D eigenvalue weighted by Crippen LogP contribution is 2.30. The zero-order chi connectivity index (χ0) is 18.5. The molecule has 0 aliphatic carbocycles. The van der Waals surface area contributed by atoms with Crippen LogP contribution in [0.15, 0.2) is 37.0 Å². The van der Waals surface area contributed by atoms with Gasteiger partial charge in [-0.25, -0.2) is 0 Å². The number of carbonyl (C=O) groups excluding carboxylic acids is 1. The minimum absolute atomic E-state index is 0.170. The van der Waals surface area contributed by atoms with Gasteiger partial charge in [-0.2, -0.15) is 0 Å². The molecule has 0 saturated carbocycles. The third-order valence-corrected chi connectivity index (χ3v) is 4.83. The summed E-state index contributed by atoms with van der Waals surface area (Å²) in [6.45, 7) is 5.67. The maximum Gasteiger partial charge on any atom is 0.277 e. The third-order valence-electron chi connectivity index (χ3n) is 3.73. The number of rotatable bonds is 8. The largest absolute Gasteiger partial charge is 0.469 e. The molecule has 0 aliphatic rings. The Kier molecular flexibility index (Phi) is 5.77. The van der Waals surface area contributed by atoms with Gasteiger partial charge in [0.1, 0.15) is 11.5 Å². The predicted molar refractivity (Wildman–Crippen MR) is 95.8 cm³/mol. The van der Waals surface area contributed by atoms with E-state index in [2.05, 4.69) is 27.6 Å². The van der Waals surface area contributed by atoms with Crippen molar-refractivity contribution < 1.29 is 18.2 Å². The van der Waals surface area contributed by atoms with Gasteiger partial charge in [-0.1, -0.05) is 36.7 Å². The Bertz CT molecular complexity index is 870. The SMILES string of the molecule is CCCCC(Sc1nnc(-c2ccoc2C)o1)C(=O)Nc1cc(C)on1. The van der Waals surface area contributed by atoms with Gasteiger partial charge >= 0.3 is 0 Å². The second-order valence-corrected chi connectivity index (χ2v) is 6.98. The maximum absolute atomic E-state index is 12.6. The Morgan fingerprint density at radius 1 is 1.35 bits per heavy atom. The molecule has 0 spiro atoms. The lowest BCUT2D eigenvalue weighted by molar-refractivity contribution is -0.115. The number of nitrogens with zero attached hydrogens (tertiary/aromatic N) is 3. The zero-order valence-electron chi connectivity index (χ0n) is 14.8. The molecule has 0 radical (unpaired) electrons. The van der Waals surface area contributed by atoms with E-state index in [1.54, 1.807) is 25.3 Å². The summed E-state index contributed by atoms with van der Waals surface area (Å²) < 4.78 is 15.9. The van der Waals surface area contributed by atoms with Crippen molar-refractivity contribution in [1.82, 2.24) is 15.4 Å². The summed E-state index contributed by atoms with van der Waals surface area (Å²) in [5.41, 5.74) is 0.747. The molecule has 0 fully saturated rings. The lowest BCUT2D eigenvalue weighted by Gasteiger charge is -2.12. The van der Waals surface area contributed by atoms with Crippen LogP contribution in [0.3, 0.4) is 0 Å². The van der Waals surface area contributed by atoms with Gasteiger partial charge in [0.25, 0.3) is 11.1 Å². The third kappa shape index (κ3) is 4.34. The minimum atomic E-state index is -0.370. The Hall–Kier alpha value is -2.55. The molecule has 138 valence electrons. The lowest BCUT2D eigenvalue weighted by Crippen LogP contribution is -2.25. The van der Waals surface area contributed by atoms with Crippen LogP contribution in [0.25, 0.3) is 11.5 Å². The van der Waals surface area contributed by atoms with E-state index in [-0.39, 0.29) is 11.2 Å². The van der Waals surface area contributed by atoms with Crippen LogP contribution in [0.4, 0.5) is 5.82 Å². The fourth-order valence-electron chi connectivity index (χ4n) is 2.36. The minimum Gasteiger partial charge on any atom is -0.469 e. The van der Waals surface area contributed by atoms with E-state index in [1.165, 1.54) is 11.8 Å². The van der Waals surface area contributed by atoms with Crippen LogP contribution in [-0.2, 0) is 4.79 Å². The number of thioether (sulfide) groups is 1. The first-order valence-corrected chi connectivity index (χ1v) is 9.23.